The predicted molar refractivity (Wildman–Crippen MR) is 73.2 cm³/mol. The van der Waals surface area contributed by atoms with Crippen molar-refractivity contribution in [3.63, 3.8) is 0 Å². The molecule has 1 aliphatic rings. The second-order valence-corrected chi connectivity index (χ2v) is 5.90. The molecule has 0 N–H and O–H groups in total. The summed E-state index contributed by atoms with van der Waals surface area (Å²) in [5, 5.41) is 0.513. The lowest BCUT2D eigenvalue weighted by Gasteiger charge is -2.27. The van der Waals surface area contributed by atoms with Crippen molar-refractivity contribution < 1.29 is 4.74 Å². The van der Waals surface area contributed by atoms with E-state index < -0.39 is 0 Å². The maximum absolute atomic E-state index is 6.13. The van der Waals surface area contributed by atoms with E-state index in [1.165, 1.54) is 19.2 Å². The molecule has 0 atom stereocenters. The number of hydrogen-bond acceptors (Lipinski definition) is 3. The zero-order chi connectivity index (χ0) is 13.1. The Hall–Kier alpha value is -0.830. The molecule has 0 saturated heterocycles. The standard InChI is InChI=1S/C14H21ClN2O/c1-9(2)12-13(15)16-8-17-14(12)18-11-6-4-10(3)5-7-11/h8-11H,4-7H2,1-3H3. The van der Waals surface area contributed by atoms with Crippen LogP contribution in [0.15, 0.2) is 6.33 Å². The fourth-order valence-electron chi connectivity index (χ4n) is 2.44. The molecule has 0 bridgehead atoms. The van der Waals surface area contributed by atoms with E-state index >= 15 is 0 Å². The van der Waals surface area contributed by atoms with Crippen LogP contribution < -0.4 is 4.74 Å². The Morgan fingerprint density at radius 3 is 2.50 bits per heavy atom. The van der Waals surface area contributed by atoms with Crippen molar-refractivity contribution in [2.24, 2.45) is 5.92 Å². The number of ether oxygens (including phenoxy) is 1. The molecule has 4 heteroatoms. The fourth-order valence-corrected chi connectivity index (χ4v) is 2.79. The molecule has 1 fully saturated rings. The first-order chi connectivity index (χ1) is 8.58. The second-order valence-electron chi connectivity index (χ2n) is 5.54. The minimum Gasteiger partial charge on any atom is -0.474 e. The summed E-state index contributed by atoms with van der Waals surface area (Å²) in [5.41, 5.74) is 0.929. The molecule has 1 aromatic heterocycles. The molecule has 1 heterocycles. The average molecular weight is 269 g/mol. The van der Waals surface area contributed by atoms with Crippen LogP contribution >= 0.6 is 11.6 Å². The highest BCUT2D eigenvalue weighted by molar-refractivity contribution is 6.30. The van der Waals surface area contributed by atoms with Gasteiger partial charge in [0.05, 0.1) is 5.56 Å². The third-order valence-corrected chi connectivity index (χ3v) is 3.92. The maximum Gasteiger partial charge on any atom is 0.221 e. The highest BCUT2D eigenvalue weighted by Gasteiger charge is 2.22. The molecule has 0 aliphatic heterocycles. The van der Waals surface area contributed by atoms with E-state index in [-0.39, 0.29) is 12.0 Å². The van der Waals surface area contributed by atoms with Crippen LogP contribution in [0.1, 0.15) is 57.9 Å². The van der Waals surface area contributed by atoms with E-state index in [1.54, 1.807) is 0 Å². The van der Waals surface area contributed by atoms with Gasteiger partial charge in [0.2, 0.25) is 5.88 Å². The van der Waals surface area contributed by atoms with E-state index in [2.05, 4.69) is 30.7 Å². The van der Waals surface area contributed by atoms with Gasteiger partial charge in [0.15, 0.2) is 0 Å². The Morgan fingerprint density at radius 1 is 1.22 bits per heavy atom. The van der Waals surface area contributed by atoms with Gasteiger partial charge in [0.25, 0.3) is 0 Å². The zero-order valence-electron chi connectivity index (χ0n) is 11.3. The molecule has 0 amide bonds. The van der Waals surface area contributed by atoms with Crippen LogP contribution in [0.3, 0.4) is 0 Å². The molecule has 0 radical (unpaired) electrons. The van der Waals surface area contributed by atoms with E-state index in [0.717, 1.165) is 24.3 Å². The Balaban J connectivity index is 2.11. The van der Waals surface area contributed by atoms with Crippen LogP contribution in [-0.2, 0) is 0 Å². The highest BCUT2D eigenvalue weighted by Crippen LogP contribution is 2.33. The first-order valence-corrected chi connectivity index (χ1v) is 7.12. The monoisotopic (exact) mass is 268 g/mol. The molecule has 0 aromatic carbocycles. The van der Waals surface area contributed by atoms with Gasteiger partial charge < -0.3 is 4.74 Å². The Bertz CT molecular complexity index is 401. The van der Waals surface area contributed by atoms with Crippen LogP contribution in [0.25, 0.3) is 0 Å². The fraction of sp³-hybridized carbons (Fsp3) is 0.714. The van der Waals surface area contributed by atoms with E-state index in [0.29, 0.717) is 11.0 Å². The Kier molecular flexibility index (Phi) is 4.44. The van der Waals surface area contributed by atoms with Gasteiger partial charge in [-0.15, -0.1) is 0 Å². The summed E-state index contributed by atoms with van der Waals surface area (Å²) < 4.78 is 6.04. The van der Waals surface area contributed by atoms with Gasteiger partial charge in [-0.25, -0.2) is 9.97 Å². The van der Waals surface area contributed by atoms with Gasteiger partial charge in [-0.05, 0) is 37.5 Å². The molecule has 1 aromatic rings. The number of nitrogens with zero attached hydrogens (tertiary/aromatic N) is 2. The molecule has 18 heavy (non-hydrogen) atoms. The van der Waals surface area contributed by atoms with Crippen LogP contribution in [0.2, 0.25) is 5.15 Å². The minimum atomic E-state index is 0.274. The smallest absolute Gasteiger partial charge is 0.221 e. The van der Waals surface area contributed by atoms with Gasteiger partial charge in [0.1, 0.15) is 17.6 Å². The zero-order valence-corrected chi connectivity index (χ0v) is 12.1. The molecule has 0 unspecified atom stereocenters. The number of hydrogen-bond donors (Lipinski definition) is 0. The van der Waals surface area contributed by atoms with Crippen LogP contribution in [0, 0.1) is 5.92 Å². The average Bonchev–Trinajstić information content (AvgIpc) is 2.32. The summed E-state index contributed by atoms with van der Waals surface area (Å²) in [7, 11) is 0. The summed E-state index contributed by atoms with van der Waals surface area (Å²) >= 11 is 6.13. The largest absolute Gasteiger partial charge is 0.474 e. The number of halogens is 1. The third-order valence-electron chi connectivity index (χ3n) is 3.62. The van der Waals surface area contributed by atoms with Crippen molar-refractivity contribution in [1.29, 1.82) is 0 Å². The molecule has 3 nitrogen and oxygen atoms in total. The van der Waals surface area contributed by atoms with Crippen molar-refractivity contribution in [2.75, 3.05) is 0 Å². The highest BCUT2D eigenvalue weighted by atomic mass is 35.5. The molecule has 1 aliphatic carbocycles. The number of rotatable bonds is 3. The SMILES string of the molecule is CC1CCC(Oc2ncnc(Cl)c2C(C)C)CC1. The minimum absolute atomic E-state index is 0.274. The summed E-state index contributed by atoms with van der Waals surface area (Å²) in [5.74, 6) is 1.77. The van der Waals surface area contributed by atoms with Gasteiger partial charge in [-0.1, -0.05) is 32.4 Å². The summed E-state index contributed by atoms with van der Waals surface area (Å²) in [6.07, 6.45) is 6.46. The molecule has 1 saturated carbocycles. The molecule has 2 rings (SSSR count). The van der Waals surface area contributed by atoms with Crippen molar-refractivity contribution in [3.05, 3.63) is 17.0 Å². The second kappa shape index (κ2) is 5.87. The van der Waals surface area contributed by atoms with Crippen molar-refractivity contribution in [2.45, 2.75) is 58.5 Å². The Morgan fingerprint density at radius 2 is 1.89 bits per heavy atom. The van der Waals surface area contributed by atoms with E-state index in [4.69, 9.17) is 16.3 Å². The number of aromatic nitrogens is 2. The van der Waals surface area contributed by atoms with Crippen LogP contribution in [0.4, 0.5) is 0 Å². The quantitative estimate of drug-likeness (QED) is 0.770. The molecular formula is C14H21ClN2O. The summed E-state index contributed by atoms with van der Waals surface area (Å²) in [6, 6.07) is 0. The summed E-state index contributed by atoms with van der Waals surface area (Å²) in [4.78, 5) is 8.30. The van der Waals surface area contributed by atoms with Gasteiger partial charge in [0, 0.05) is 0 Å². The third kappa shape index (κ3) is 3.14. The van der Waals surface area contributed by atoms with Gasteiger partial charge in [-0.2, -0.15) is 0 Å². The van der Waals surface area contributed by atoms with E-state index in [1.807, 2.05) is 0 Å². The van der Waals surface area contributed by atoms with Crippen LogP contribution in [-0.4, -0.2) is 16.1 Å². The van der Waals surface area contributed by atoms with Crippen molar-refractivity contribution >= 4 is 11.6 Å². The predicted octanol–water partition coefficient (Wildman–Crippen LogP) is 4.21. The first-order valence-electron chi connectivity index (χ1n) is 6.75. The normalized spacial score (nSPS) is 24.3. The Labute approximate surface area is 114 Å². The first kappa shape index (κ1) is 13.6. The van der Waals surface area contributed by atoms with Crippen LogP contribution in [0.5, 0.6) is 5.88 Å². The van der Waals surface area contributed by atoms with E-state index in [9.17, 15) is 0 Å². The topological polar surface area (TPSA) is 35.0 Å². The lowest BCUT2D eigenvalue weighted by atomic mass is 9.89. The summed E-state index contributed by atoms with van der Waals surface area (Å²) in [6.45, 7) is 6.47. The lowest BCUT2D eigenvalue weighted by Crippen LogP contribution is -2.24. The van der Waals surface area contributed by atoms with Gasteiger partial charge in [-0.3, -0.25) is 0 Å². The van der Waals surface area contributed by atoms with Gasteiger partial charge >= 0.3 is 0 Å². The molecule has 100 valence electrons. The molecule has 0 spiro atoms. The molecular weight excluding hydrogens is 248 g/mol. The van der Waals surface area contributed by atoms with Crippen molar-refractivity contribution in [1.82, 2.24) is 9.97 Å². The van der Waals surface area contributed by atoms with Crippen molar-refractivity contribution in [3.8, 4) is 5.88 Å². The lowest BCUT2D eigenvalue weighted by molar-refractivity contribution is 0.128. The maximum atomic E-state index is 6.13.